The molecule has 1 atom stereocenters. The van der Waals surface area contributed by atoms with Crippen LogP contribution in [0.1, 0.15) is 52.6 Å². The zero-order valence-electron chi connectivity index (χ0n) is 18.9. The Morgan fingerprint density at radius 2 is 1.59 bits per heavy atom. The number of rotatable bonds is 8. The van der Waals surface area contributed by atoms with Crippen molar-refractivity contribution in [2.24, 2.45) is 0 Å². The Hall–Kier alpha value is -3.86. The third-order valence-electron chi connectivity index (χ3n) is 6.37. The van der Waals surface area contributed by atoms with E-state index in [9.17, 15) is 9.90 Å². The third kappa shape index (κ3) is 4.74. The minimum absolute atomic E-state index is 0.124. The smallest absolute Gasteiger partial charge is 0.345 e. The van der Waals surface area contributed by atoms with E-state index in [1.54, 1.807) is 6.26 Å². The number of benzene rings is 3. The van der Waals surface area contributed by atoms with Crippen LogP contribution in [0.25, 0.3) is 0 Å². The van der Waals surface area contributed by atoms with Gasteiger partial charge >= 0.3 is 5.97 Å². The van der Waals surface area contributed by atoms with Gasteiger partial charge in [0.2, 0.25) is 12.0 Å². The number of aliphatic carboxylic acids is 1. The van der Waals surface area contributed by atoms with E-state index in [2.05, 4.69) is 6.07 Å². The first-order chi connectivity index (χ1) is 16.7. The van der Waals surface area contributed by atoms with Gasteiger partial charge < -0.3 is 14.3 Å². The van der Waals surface area contributed by atoms with Crippen LogP contribution in [-0.2, 0) is 24.1 Å². The predicted molar refractivity (Wildman–Crippen MR) is 129 cm³/mol. The van der Waals surface area contributed by atoms with Gasteiger partial charge in [0.25, 0.3) is 0 Å². The van der Waals surface area contributed by atoms with Crippen LogP contribution in [0, 0.1) is 0 Å². The van der Waals surface area contributed by atoms with E-state index in [0.29, 0.717) is 17.3 Å². The number of aryl methyl sites for hydroxylation is 1. The fraction of sp³-hybridized carbons (Fsp3) is 0.241. The van der Waals surface area contributed by atoms with Crippen LogP contribution in [0.5, 0.6) is 5.75 Å². The molecule has 0 radical (unpaired) electrons. The van der Waals surface area contributed by atoms with Crippen molar-refractivity contribution in [2.75, 3.05) is 0 Å². The molecule has 0 bridgehead atoms. The van der Waals surface area contributed by atoms with Crippen LogP contribution in [-0.4, -0.2) is 22.2 Å². The van der Waals surface area contributed by atoms with Crippen molar-refractivity contribution in [1.82, 2.24) is 4.98 Å². The highest BCUT2D eigenvalue weighted by Gasteiger charge is 2.27. The summed E-state index contributed by atoms with van der Waals surface area (Å²) in [7, 11) is 0. The van der Waals surface area contributed by atoms with Gasteiger partial charge in [0.15, 0.2) is 0 Å². The molecule has 1 heterocycles. The molecule has 1 unspecified atom stereocenters. The molecule has 0 aliphatic heterocycles. The molecule has 1 N–H and O–H groups in total. The van der Waals surface area contributed by atoms with E-state index >= 15 is 0 Å². The van der Waals surface area contributed by atoms with E-state index in [0.717, 1.165) is 42.4 Å². The Morgan fingerprint density at radius 1 is 0.912 bits per heavy atom. The summed E-state index contributed by atoms with van der Waals surface area (Å²) in [5, 5.41) is 9.89. The first-order valence-electron chi connectivity index (χ1n) is 11.7. The van der Waals surface area contributed by atoms with Crippen LogP contribution < -0.4 is 4.74 Å². The summed E-state index contributed by atoms with van der Waals surface area (Å²) in [6.45, 7) is 0. The molecule has 34 heavy (non-hydrogen) atoms. The summed E-state index contributed by atoms with van der Waals surface area (Å²) in [5.41, 5.74) is 5.07. The molecule has 4 aromatic rings. The average Bonchev–Trinajstić information content (AvgIpc) is 3.33. The number of hydrogen-bond donors (Lipinski definition) is 1. The van der Waals surface area contributed by atoms with Gasteiger partial charge in [-0.05, 0) is 54.0 Å². The predicted octanol–water partition coefficient (Wildman–Crippen LogP) is 5.81. The molecule has 5 rings (SSSR count). The Kier molecular flexibility index (Phi) is 6.43. The minimum atomic E-state index is -1.04. The average molecular weight is 454 g/mol. The molecule has 0 saturated heterocycles. The minimum Gasteiger partial charge on any atom is -0.478 e. The van der Waals surface area contributed by atoms with Crippen molar-refractivity contribution >= 4 is 5.97 Å². The van der Waals surface area contributed by atoms with Crippen molar-refractivity contribution in [2.45, 2.75) is 44.1 Å². The lowest BCUT2D eigenvalue weighted by Gasteiger charge is -2.22. The van der Waals surface area contributed by atoms with Gasteiger partial charge in [-0.3, -0.25) is 0 Å². The molecular weight excluding hydrogens is 426 g/mol. The molecule has 0 saturated carbocycles. The first-order valence-corrected chi connectivity index (χ1v) is 11.7. The largest absolute Gasteiger partial charge is 0.478 e. The van der Waals surface area contributed by atoms with Gasteiger partial charge in [0, 0.05) is 6.42 Å². The number of aromatic nitrogens is 1. The lowest BCUT2D eigenvalue weighted by molar-refractivity contribution is -0.145. The molecule has 1 aromatic heterocycles. The van der Waals surface area contributed by atoms with Crippen molar-refractivity contribution in [3.8, 4) is 5.75 Å². The maximum atomic E-state index is 12.1. The molecule has 1 aliphatic rings. The lowest BCUT2D eigenvalue weighted by Crippen LogP contribution is -2.30. The molecule has 1 aliphatic carbocycles. The van der Waals surface area contributed by atoms with Crippen LogP contribution in [0.4, 0.5) is 0 Å². The van der Waals surface area contributed by atoms with Crippen LogP contribution in [0.3, 0.4) is 0 Å². The summed E-state index contributed by atoms with van der Waals surface area (Å²) in [6.07, 6.45) is 4.81. The fourth-order valence-electron chi connectivity index (χ4n) is 4.70. The van der Waals surface area contributed by atoms with Crippen molar-refractivity contribution in [1.29, 1.82) is 0 Å². The summed E-state index contributed by atoms with van der Waals surface area (Å²) in [4.78, 5) is 16.8. The van der Waals surface area contributed by atoms with Crippen molar-refractivity contribution in [3.05, 3.63) is 119 Å². The molecule has 0 fully saturated rings. The second-order valence-corrected chi connectivity index (χ2v) is 8.68. The van der Waals surface area contributed by atoms with E-state index < -0.39 is 12.1 Å². The van der Waals surface area contributed by atoms with E-state index in [-0.39, 0.29) is 12.3 Å². The molecule has 0 spiro atoms. The second-order valence-electron chi connectivity index (χ2n) is 8.68. The van der Waals surface area contributed by atoms with Crippen LogP contribution in [0.15, 0.2) is 89.5 Å². The van der Waals surface area contributed by atoms with Gasteiger partial charge in [0.05, 0.1) is 11.6 Å². The molecule has 5 nitrogen and oxygen atoms in total. The topological polar surface area (TPSA) is 72.6 Å². The number of carbonyl (C=O) groups is 1. The van der Waals surface area contributed by atoms with Gasteiger partial charge in [-0.2, -0.15) is 0 Å². The van der Waals surface area contributed by atoms with Gasteiger partial charge in [0.1, 0.15) is 12.0 Å². The van der Waals surface area contributed by atoms with Crippen LogP contribution >= 0.6 is 0 Å². The molecule has 0 amide bonds. The molecule has 3 aromatic carbocycles. The number of ether oxygens (including phenoxy) is 1. The second kappa shape index (κ2) is 9.96. The zero-order chi connectivity index (χ0) is 23.3. The summed E-state index contributed by atoms with van der Waals surface area (Å²) in [6, 6.07) is 26.0. The van der Waals surface area contributed by atoms with Crippen LogP contribution in [0.2, 0.25) is 0 Å². The van der Waals surface area contributed by atoms with Gasteiger partial charge in [-0.25, -0.2) is 9.78 Å². The standard InChI is InChI=1S/C29H27NO4/c31-29(32)26(34-25-17-9-15-20-10-7-8-16-24(20)25)18-23-19-33-28(30-23)27(21-11-3-1-4-12-21)22-13-5-2-6-14-22/h1-6,9,11-15,17,19,26-27H,7-8,10,16,18H2,(H,31,32). The first kappa shape index (κ1) is 22.0. The van der Waals surface area contributed by atoms with E-state index in [1.807, 2.05) is 72.8 Å². The number of carboxylic acids is 1. The molecule has 172 valence electrons. The highest BCUT2D eigenvalue weighted by Crippen LogP contribution is 2.33. The SMILES string of the molecule is O=C(O)C(Cc1coc(C(c2ccccc2)c2ccccc2)n1)Oc1cccc2c1CCCC2. The Bertz CT molecular complexity index is 1210. The third-order valence-corrected chi connectivity index (χ3v) is 6.37. The number of fused-ring (bicyclic) bond motifs is 1. The van der Waals surface area contributed by atoms with E-state index in [4.69, 9.17) is 14.1 Å². The summed E-state index contributed by atoms with van der Waals surface area (Å²) < 4.78 is 11.9. The Balaban J connectivity index is 1.40. The number of nitrogens with zero attached hydrogens (tertiary/aromatic N) is 1. The number of carboxylic acid groups (broad SMARTS) is 1. The highest BCUT2D eigenvalue weighted by molar-refractivity contribution is 5.73. The maximum Gasteiger partial charge on any atom is 0.345 e. The molecular formula is C29H27NO4. The summed E-state index contributed by atoms with van der Waals surface area (Å²) in [5.74, 6) is 0.00974. The fourth-order valence-corrected chi connectivity index (χ4v) is 4.70. The van der Waals surface area contributed by atoms with E-state index in [1.165, 1.54) is 5.56 Å². The lowest BCUT2D eigenvalue weighted by atomic mass is 9.91. The van der Waals surface area contributed by atoms with Gasteiger partial charge in [-0.1, -0.05) is 72.8 Å². The van der Waals surface area contributed by atoms with Crippen molar-refractivity contribution < 1.29 is 19.1 Å². The highest BCUT2D eigenvalue weighted by atomic mass is 16.5. The normalized spacial score (nSPS) is 13.9. The number of hydrogen-bond acceptors (Lipinski definition) is 4. The maximum absolute atomic E-state index is 12.1. The number of oxazole rings is 1. The quantitative estimate of drug-likeness (QED) is 0.365. The monoisotopic (exact) mass is 453 g/mol. The Morgan fingerprint density at radius 3 is 2.26 bits per heavy atom. The zero-order valence-corrected chi connectivity index (χ0v) is 18.9. The van der Waals surface area contributed by atoms with Crippen molar-refractivity contribution in [3.63, 3.8) is 0 Å². The van der Waals surface area contributed by atoms with Gasteiger partial charge in [-0.15, -0.1) is 0 Å². The molecule has 5 heteroatoms. The summed E-state index contributed by atoms with van der Waals surface area (Å²) >= 11 is 0. The Labute approximate surface area is 199 Å².